The molecule has 0 radical (unpaired) electrons. The summed E-state index contributed by atoms with van der Waals surface area (Å²) in [5.41, 5.74) is 1.77. The van der Waals surface area contributed by atoms with Gasteiger partial charge in [0.2, 0.25) is 0 Å². The van der Waals surface area contributed by atoms with Crippen molar-refractivity contribution in [3.8, 4) is 0 Å². The lowest BCUT2D eigenvalue weighted by Gasteiger charge is -2.18. The Morgan fingerprint density at radius 2 is 1.95 bits per heavy atom. The van der Waals surface area contributed by atoms with Crippen molar-refractivity contribution in [3.63, 3.8) is 0 Å². The molecule has 0 aliphatic rings. The molecule has 3 nitrogen and oxygen atoms in total. The van der Waals surface area contributed by atoms with Crippen molar-refractivity contribution >= 4 is 5.91 Å². The van der Waals surface area contributed by atoms with Crippen LogP contribution in [0, 0.1) is 12.7 Å². The van der Waals surface area contributed by atoms with Crippen molar-refractivity contribution in [1.29, 1.82) is 0 Å². The van der Waals surface area contributed by atoms with Crippen molar-refractivity contribution < 1.29 is 14.3 Å². The van der Waals surface area contributed by atoms with Gasteiger partial charge in [-0.25, -0.2) is 4.39 Å². The normalized spacial score (nSPS) is 12.0. The smallest absolute Gasteiger partial charge is 0.251 e. The zero-order valence-corrected chi connectivity index (χ0v) is 11.8. The third-order valence-corrected chi connectivity index (χ3v) is 3.35. The standard InChI is InChI=1S/C17H18FNO2/c1-12-11-14(7-8-15(12)18)17(21)19-16(9-10-20)13-5-3-2-4-6-13/h2-8,11,16,20H,9-10H2,1H3,(H,19,21). The van der Waals surface area contributed by atoms with E-state index >= 15 is 0 Å². The predicted molar refractivity (Wildman–Crippen MR) is 79.5 cm³/mol. The second kappa shape index (κ2) is 6.99. The summed E-state index contributed by atoms with van der Waals surface area (Å²) in [6.45, 7) is 1.59. The first-order valence-electron chi connectivity index (χ1n) is 6.84. The van der Waals surface area contributed by atoms with Gasteiger partial charge in [-0.2, -0.15) is 0 Å². The van der Waals surface area contributed by atoms with Gasteiger partial charge in [-0.05, 0) is 42.7 Å². The second-order valence-electron chi connectivity index (χ2n) is 4.91. The Labute approximate surface area is 123 Å². The molecule has 0 aliphatic carbocycles. The van der Waals surface area contributed by atoms with Crippen molar-refractivity contribution in [3.05, 3.63) is 71.0 Å². The SMILES string of the molecule is Cc1cc(C(=O)NC(CCO)c2ccccc2)ccc1F. The molecule has 0 bridgehead atoms. The van der Waals surface area contributed by atoms with E-state index in [1.807, 2.05) is 30.3 Å². The molecule has 1 atom stereocenters. The topological polar surface area (TPSA) is 49.3 Å². The zero-order chi connectivity index (χ0) is 15.2. The third-order valence-electron chi connectivity index (χ3n) is 3.35. The molecule has 0 aliphatic heterocycles. The molecule has 2 aromatic rings. The Hall–Kier alpha value is -2.20. The number of rotatable bonds is 5. The number of aryl methyl sites for hydroxylation is 1. The number of nitrogens with one attached hydrogen (secondary N) is 1. The Bertz CT molecular complexity index is 613. The van der Waals surface area contributed by atoms with E-state index in [-0.39, 0.29) is 24.4 Å². The molecule has 1 amide bonds. The first-order valence-corrected chi connectivity index (χ1v) is 6.84. The van der Waals surface area contributed by atoms with Crippen molar-refractivity contribution in [2.45, 2.75) is 19.4 Å². The number of hydrogen-bond acceptors (Lipinski definition) is 2. The Kier molecular flexibility index (Phi) is 5.06. The van der Waals surface area contributed by atoms with Crippen LogP contribution in [0.3, 0.4) is 0 Å². The summed E-state index contributed by atoms with van der Waals surface area (Å²) in [5.74, 6) is -0.609. The van der Waals surface area contributed by atoms with Gasteiger partial charge in [0, 0.05) is 12.2 Å². The number of benzene rings is 2. The van der Waals surface area contributed by atoms with Gasteiger partial charge in [0.1, 0.15) is 5.82 Å². The summed E-state index contributed by atoms with van der Waals surface area (Å²) < 4.78 is 13.2. The number of aliphatic hydroxyl groups is 1. The Morgan fingerprint density at radius 1 is 1.24 bits per heavy atom. The lowest BCUT2D eigenvalue weighted by molar-refractivity contribution is 0.0930. The minimum Gasteiger partial charge on any atom is -0.396 e. The summed E-state index contributed by atoms with van der Waals surface area (Å²) in [6.07, 6.45) is 0.427. The van der Waals surface area contributed by atoms with Crippen LogP contribution >= 0.6 is 0 Å². The number of halogens is 1. The molecule has 21 heavy (non-hydrogen) atoms. The van der Waals surface area contributed by atoms with Crippen LogP contribution in [0.5, 0.6) is 0 Å². The molecular weight excluding hydrogens is 269 g/mol. The molecule has 0 fully saturated rings. The molecule has 2 N–H and O–H groups in total. The molecule has 2 rings (SSSR count). The largest absolute Gasteiger partial charge is 0.396 e. The van der Waals surface area contributed by atoms with Gasteiger partial charge in [-0.1, -0.05) is 30.3 Å². The van der Waals surface area contributed by atoms with E-state index in [1.165, 1.54) is 18.2 Å². The summed E-state index contributed by atoms with van der Waals surface area (Å²) >= 11 is 0. The monoisotopic (exact) mass is 287 g/mol. The minimum atomic E-state index is -0.332. The van der Waals surface area contributed by atoms with Crippen LogP contribution in [0.1, 0.15) is 33.9 Å². The highest BCUT2D eigenvalue weighted by Crippen LogP contribution is 2.17. The van der Waals surface area contributed by atoms with E-state index in [4.69, 9.17) is 5.11 Å². The average molecular weight is 287 g/mol. The second-order valence-corrected chi connectivity index (χ2v) is 4.91. The van der Waals surface area contributed by atoms with Crippen LogP contribution in [0.25, 0.3) is 0 Å². The van der Waals surface area contributed by atoms with Crippen molar-refractivity contribution in [2.24, 2.45) is 0 Å². The molecule has 0 aromatic heterocycles. The molecule has 4 heteroatoms. The fraction of sp³-hybridized carbons (Fsp3) is 0.235. The summed E-state index contributed by atoms with van der Waals surface area (Å²) in [7, 11) is 0. The van der Waals surface area contributed by atoms with Gasteiger partial charge in [0.05, 0.1) is 6.04 Å². The van der Waals surface area contributed by atoms with Crippen LogP contribution in [-0.4, -0.2) is 17.6 Å². The molecule has 1 unspecified atom stereocenters. The minimum absolute atomic E-state index is 0.0255. The van der Waals surface area contributed by atoms with E-state index in [2.05, 4.69) is 5.32 Å². The van der Waals surface area contributed by atoms with Crippen molar-refractivity contribution in [2.75, 3.05) is 6.61 Å². The first kappa shape index (κ1) is 15.2. The molecule has 110 valence electrons. The highest BCUT2D eigenvalue weighted by atomic mass is 19.1. The number of amides is 1. The highest BCUT2D eigenvalue weighted by molar-refractivity contribution is 5.94. The predicted octanol–water partition coefficient (Wildman–Crippen LogP) is 2.99. The van der Waals surface area contributed by atoms with Crippen LogP contribution in [0.2, 0.25) is 0 Å². The maximum Gasteiger partial charge on any atom is 0.251 e. The van der Waals surface area contributed by atoms with Gasteiger partial charge in [-0.15, -0.1) is 0 Å². The average Bonchev–Trinajstić information content (AvgIpc) is 2.50. The molecule has 2 aromatic carbocycles. The number of hydrogen-bond donors (Lipinski definition) is 2. The molecule has 0 spiro atoms. The molecular formula is C17H18FNO2. The maximum absolute atomic E-state index is 13.2. The van der Waals surface area contributed by atoms with Crippen LogP contribution in [0.15, 0.2) is 48.5 Å². The van der Waals surface area contributed by atoms with Gasteiger partial charge in [0.25, 0.3) is 5.91 Å². The van der Waals surface area contributed by atoms with E-state index in [1.54, 1.807) is 6.92 Å². The van der Waals surface area contributed by atoms with Gasteiger partial charge in [-0.3, -0.25) is 4.79 Å². The summed E-state index contributed by atoms with van der Waals surface area (Å²) in [5, 5.41) is 12.0. The zero-order valence-electron chi connectivity index (χ0n) is 11.8. The quantitative estimate of drug-likeness (QED) is 0.888. The summed E-state index contributed by atoms with van der Waals surface area (Å²) in [4.78, 5) is 12.3. The third kappa shape index (κ3) is 3.89. The lowest BCUT2D eigenvalue weighted by Crippen LogP contribution is -2.29. The molecule has 0 heterocycles. The van der Waals surface area contributed by atoms with E-state index < -0.39 is 0 Å². The number of carbonyl (C=O) groups excluding carboxylic acids is 1. The van der Waals surface area contributed by atoms with E-state index in [0.717, 1.165) is 5.56 Å². The van der Waals surface area contributed by atoms with E-state index in [0.29, 0.717) is 17.5 Å². The Morgan fingerprint density at radius 3 is 2.57 bits per heavy atom. The highest BCUT2D eigenvalue weighted by Gasteiger charge is 2.15. The molecule has 0 saturated heterocycles. The van der Waals surface area contributed by atoms with Gasteiger partial charge < -0.3 is 10.4 Å². The van der Waals surface area contributed by atoms with Crippen molar-refractivity contribution in [1.82, 2.24) is 5.32 Å². The lowest BCUT2D eigenvalue weighted by atomic mass is 10.0. The number of aliphatic hydroxyl groups excluding tert-OH is 1. The fourth-order valence-corrected chi connectivity index (χ4v) is 2.16. The number of carbonyl (C=O) groups is 1. The van der Waals surface area contributed by atoms with Gasteiger partial charge >= 0.3 is 0 Å². The fourth-order valence-electron chi connectivity index (χ4n) is 2.16. The first-order chi connectivity index (χ1) is 10.1. The maximum atomic E-state index is 13.2. The van der Waals surface area contributed by atoms with Crippen LogP contribution < -0.4 is 5.32 Å². The summed E-state index contributed by atoms with van der Waals surface area (Å²) in [6, 6.07) is 13.5. The van der Waals surface area contributed by atoms with Crippen LogP contribution in [0.4, 0.5) is 4.39 Å². The van der Waals surface area contributed by atoms with Crippen LogP contribution in [-0.2, 0) is 0 Å². The Balaban J connectivity index is 2.16. The van der Waals surface area contributed by atoms with E-state index in [9.17, 15) is 9.18 Å². The van der Waals surface area contributed by atoms with Gasteiger partial charge in [0.15, 0.2) is 0 Å². The molecule has 0 saturated carbocycles.